The molecule has 0 spiro atoms. The molecule has 0 radical (unpaired) electrons. The first kappa shape index (κ1) is 12.6. The van der Waals surface area contributed by atoms with E-state index >= 15 is 0 Å². The van der Waals surface area contributed by atoms with Gasteiger partial charge >= 0.3 is 0 Å². The Morgan fingerprint density at radius 3 is 2.72 bits per heavy atom. The first-order chi connectivity index (χ1) is 8.65. The fraction of sp³-hybridized carbons (Fsp3) is 0.357. The van der Waals surface area contributed by atoms with Crippen molar-refractivity contribution >= 4 is 22.1 Å². The molecule has 2 rings (SSSR count). The molecule has 96 valence electrons. The van der Waals surface area contributed by atoms with Crippen LogP contribution in [0.25, 0.3) is 10.8 Å². The van der Waals surface area contributed by atoms with Gasteiger partial charge in [0.05, 0.1) is 6.61 Å². The standard InChI is InChI=1S/C14H19N3O/c1-10(2)17(7-8-18)14-4-3-13(15)11-5-6-16-9-12(11)14/h3-6,9-10,18H,7-8,15H2,1-2H3. The molecule has 0 aliphatic rings. The van der Waals surface area contributed by atoms with Gasteiger partial charge in [-0.15, -0.1) is 0 Å². The van der Waals surface area contributed by atoms with Crippen LogP contribution in [0, 0.1) is 0 Å². The monoisotopic (exact) mass is 245 g/mol. The number of rotatable bonds is 4. The fourth-order valence-electron chi connectivity index (χ4n) is 2.21. The zero-order valence-corrected chi connectivity index (χ0v) is 10.8. The highest BCUT2D eigenvalue weighted by Gasteiger charge is 2.14. The summed E-state index contributed by atoms with van der Waals surface area (Å²) in [6.07, 6.45) is 3.57. The van der Waals surface area contributed by atoms with Crippen molar-refractivity contribution in [3.8, 4) is 0 Å². The molecule has 1 aromatic carbocycles. The maximum Gasteiger partial charge on any atom is 0.0606 e. The summed E-state index contributed by atoms with van der Waals surface area (Å²) >= 11 is 0. The van der Waals surface area contributed by atoms with E-state index in [1.165, 1.54) is 0 Å². The maximum absolute atomic E-state index is 9.19. The second-order valence-corrected chi connectivity index (χ2v) is 4.61. The van der Waals surface area contributed by atoms with Gasteiger partial charge in [0.15, 0.2) is 0 Å². The second kappa shape index (κ2) is 5.23. The van der Waals surface area contributed by atoms with E-state index in [1.807, 2.05) is 24.4 Å². The number of benzene rings is 1. The number of aliphatic hydroxyl groups is 1. The highest BCUT2D eigenvalue weighted by atomic mass is 16.3. The first-order valence-corrected chi connectivity index (χ1v) is 6.15. The summed E-state index contributed by atoms with van der Waals surface area (Å²) in [7, 11) is 0. The summed E-state index contributed by atoms with van der Waals surface area (Å²) in [5.41, 5.74) is 7.80. The van der Waals surface area contributed by atoms with Crippen molar-refractivity contribution in [1.82, 2.24) is 4.98 Å². The Kier molecular flexibility index (Phi) is 3.67. The molecule has 0 saturated heterocycles. The van der Waals surface area contributed by atoms with Crippen LogP contribution in [0.1, 0.15) is 13.8 Å². The molecule has 2 aromatic rings. The van der Waals surface area contributed by atoms with E-state index in [-0.39, 0.29) is 6.61 Å². The molecular weight excluding hydrogens is 226 g/mol. The van der Waals surface area contributed by atoms with Crippen molar-refractivity contribution in [2.45, 2.75) is 19.9 Å². The molecule has 0 bridgehead atoms. The molecular formula is C14H19N3O. The quantitative estimate of drug-likeness (QED) is 0.809. The SMILES string of the molecule is CC(C)N(CCO)c1ccc(N)c2ccncc12. The third-order valence-corrected chi connectivity index (χ3v) is 3.10. The Hall–Kier alpha value is -1.81. The number of hydrogen-bond donors (Lipinski definition) is 2. The molecule has 0 unspecified atom stereocenters. The molecule has 4 nitrogen and oxygen atoms in total. The Morgan fingerprint density at radius 1 is 1.28 bits per heavy atom. The van der Waals surface area contributed by atoms with E-state index in [1.54, 1.807) is 6.20 Å². The van der Waals surface area contributed by atoms with Crippen LogP contribution in [0.5, 0.6) is 0 Å². The van der Waals surface area contributed by atoms with Gasteiger partial charge in [0.1, 0.15) is 0 Å². The van der Waals surface area contributed by atoms with Gasteiger partial charge in [0.2, 0.25) is 0 Å². The second-order valence-electron chi connectivity index (χ2n) is 4.61. The molecule has 18 heavy (non-hydrogen) atoms. The zero-order chi connectivity index (χ0) is 13.1. The Balaban J connectivity index is 2.59. The average Bonchev–Trinajstić information content (AvgIpc) is 2.37. The number of nitrogen functional groups attached to an aromatic ring is 1. The number of aliphatic hydroxyl groups excluding tert-OH is 1. The number of pyridine rings is 1. The van der Waals surface area contributed by atoms with Crippen LogP contribution < -0.4 is 10.6 Å². The van der Waals surface area contributed by atoms with E-state index in [9.17, 15) is 5.11 Å². The smallest absolute Gasteiger partial charge is 0.0606 e. The largest absolute Gasteiger partial charge is 0.398 e. The minimum atomic E-state index is 0.129. The average molecular weight is 245 g/mol. The molecule has 0 aliphatic carbocycles. The Labute approximate surface area is 107 Å². The first-order valence-electron chi connectivity index (χ1n) is 6.15. The van der Waals surface area contributed by atoms with Crippen molar-refractivity contribution in [2.24, 2.45) is 0 Å². The number of aromatic nitrogens is 1. The predicted molar refractivity (Wildman–Crippen MR) is 75.7 cm³/mol. The van der Waals surface area contributed by atoms with Crippen molar-refractivity contribution in [2.75, 3.05) is 23.8 Å². The highest BCUT2D eigenvalue weighted by molar-refractivity contribution is 6.00. The molecule has 0 saturated carbocycles. The Morgan fingerprint density at radius 2 is 2.06 bits per heavy atom. The number of fused-ring (bicyclic) bond motifs is 1. The van der Waals surface area contributed by atoms with Gasteiger partial charge in [-0.1, -0.05) is 0 Å². The van der Waals surface area contributed by atoms with E-state index < -0.39 is 0 Å². The van der Waals surface area contributed by atoms with E-state index in [0.717, 1.165) is 22.1 Å². The van der Waals surface area contributed by atoms with Gasteiger partial charge in [-0.25, -0.2) is 0 Å². The molecule has 0 amide bonds. The highest BCUT2D eigenvalue weighted by Crippen LogP contribution is 2.31. The van der Waals surface area contributed by atoms with Gasteiger partial charge < -0.3 is 15.7 Å². The normalized spacial score (nSPS) is 11.1. The van der Waals surface area contributed by atoms with Gasteiger partial charge in [0, 0.05) is 47.1 Å². The summed E-state index contributed by atoms with van der Waals surface area (Å²) in [4.78, 5) is 6.33. The minimum absolute atomic E-state index is 0.129. The van der Waals surface area contributed by atoms with Gasteiger partial charge in [-0.05, 0) is 32.0 Å². The molecule has 0 fully saturated rings. The minimum Gasteiger partial charge on any atom is -0.398 e. The summed E-state index contributed by atoms with van der Waals surface area (Å²) in [5, 5.41) is 11.2. The van der Waals surface area contributed by atoms with Crippen LogP contribution in [0.4, 0.5) is 11.4 Å². The van der Waals surface area contributed by atoms with Crippen LogP contribution in [-0.2, 0) is 0 Å². The number of hydrogen-bond acceptors (Lipinski definition) is 4. The van der Waals surface area contributed by atoms with Crippen LogP contribution in [0.3, 0.4) is 0 Å². The third-order valence-electron chi connectivity index (χ3n) is 3.10. The maximum atomic E-state index is 9.19. The molecule has 0 atom stereocenters. The number of nitrogens with zero attached hydrogens (tertiary/aromatic N) is 2. The van der Waals surface area contributed by atoms with Crippen molar-refractivity contribution < 1.29 is 5.11 Å². The topological polar surface area (TPSA) is 62.4 Å². The lowest BCUT2D eigenvalue weighted by atomic mass is 10.1. The molecule has 0 aliphatic heterocycles. The van der Waals surface area contributed by atoms with Crippen LogP contribution in [0.15, 0.2) is 30.6 Å². The predicted octanol–water partition coefficient (Wildman–Crippen LogP) is 2.02. The van der Waals surface area contributed by atoms with Crippen LogP contribution >= 0.6 is 0 Å². The van der Waals surface area contributed by atoms with Gasteiger partial charge in [0.25, 0.3) is 0 Å². The summed E-state index contributed by atoms with van der Waals surface area (Å²) in [6.45, 7) is 4.94. The molecule has 3 N–H and O–H groups in total. The molecule has 1 heterocycles. The lowest BCUT2D eigenvalue weighted by molar-refractivity contribution is 0.299. The van der Waals surface area contributed by atoms with E-state index in [2.05, 4.69) is 23.7 Å². The molecule has 1 aromatic heterocycles. The van der Waals surface area contributed by atoms with Crippen molar-refractivity contribution in [3.63, 3.8) is 0 Å². The van der Waals surface area contributed by atoms with Crippen molar-refractivity contribution in [1.29, 1.82) is 0 Å². The molecule has 4 heteroatoms. The number of nitrogens with two attached hydrogens (primary N) is 1. The lowest BCUT2D eigenvalue weighted by Gasteiger charge is -2.29. The van der Waals surface area contributed by atoms with Gasteiger partial charge in [-0.3, -0.25) is 4.98 Å². The van der Waals surface area contributed by atoms with Crippen LogP contribution in [0.2, 0.25) is 0 Å². The Bertz CT molecular complexity index is 540. The van der Waals surface area contributed by atoms with Gasteiger partial charge in [-0.2, -0.15) is 0 Å². The zero-order valence-electron chi connectivity index (χ0n) is 10.8. The van der Waals surface area contributed by atoms with E-state index in [4.69, 9.17) is 5.73 Å². The lowest BCUT2D eigenvalue weighted by Crippen LogP contribution is -2.33. The third kappa shape index (κ3) is 2.24. The van der Waals surface area contributed by atoms with Crippen molar-refractivity contribution in [3.05, 3.63) is 30.6 Å². The summed E-state index contributed by atoms with van der Waals surface area (Å²) in [5.74, 6) is 0. The number of anilines is 2. The van der Waals surface area contributed by atoms with Crippen LogP contribution in [-0.4, -0.2) is 29.3 Å². The summed E-state index contributed by atoms with van der Waals surface area (Å²) < 4.78 is 0. The van der Waals surface area contributed by atoms with E-state index in [0.29, 0.717) is 12.6 Å². The summed E-state index contributed by atoms with van der Waals surface area (Å²) in [6, 6.07) is 6.13. The fourth-order valence-corrected chi connectivity index (χ4v) is 2.21.